The summed E-state index contributed by atoms with van der Waals surface area (Å²) in [5, 5.41) is 3.67. The lowest BCUT2D eigenvalue weighted by atomic mass is 10.0. The molecule has 0 N–H and O–H groups in total. The molecule has 1 aliphatic heterocycles. The number of sulfone groups is 1. The molecule has 240 valence electrons. The van der Waals surface area contributed by atoms with Crippen LogP contribution >= 0.6 is 11.6 Å². The van der Waals surface area contributed by atoms with E-state index in [-0.39, 0.29) is 35.6 Å². The maximum absolute atomic E-state index is 16.5. The van der Waals surface area contributed by atoms with Crippen molar-refractivity contribution in [3.8, 4) is 17.3 Å². The molecule has 9 nitrogen and oxygen atoms in total. The molecule has 1 aliphatic rings. The third-order valence-electron chi connectivity index (χ3n) is 8.46. The fourth-order valence-electron chi connectivity index (χ4n) is 5.68. The minimum atomic E-state index is -3.49. The van der Waals surface area contributed by atoms with E-state index in [4.69, 9.17) is 16.3 Å². The van der Waals surface area contributed by atoms with Gasteiger partial charge in [-0.1, -0.05) is 61.9 Å². The first-order valence-electron chi connectivity index (χ1n) is 15.3. The summed E-state index contributed by atoms with van der Waals surface area (Å²) in [6.07, 6.45) is 5.27. The van der Waals surface area contributed by atoms with Crippen LogP contribution < -0.4 is 9.64 Å². The van der Waals surface area contributed by atoms with Crippen LogP contribution in [0.25, 0.3) is 32.9 Å². The summed E-state index contributed by atoms with van der Waals surface area (Å²) >= 11 is 6.56. The molecule has 0 radical (unpaired) electrons. The Hall–Kier alpha value is -3.38. The van der Waals surface area contributed by atoms with E-state index in [1.165, 1.54) is 11.6 Å². The fourth-order valence-corrected chi connectivity index (χ4v) is 7.00. The topological polar surface area (TPSA) is 91.8 Å². The summed E-state index contributed by atoms with van der Waals surface area (Å²) < 4.78 is 48.2. The van der Waals surface area contributed by atoms with Gasteiger partial charge in [0.05, 0.1) is 11.1 Å². The van der Waals surface area contributed by atoms with Gasteiger partial charge in [-0.25, -0.2) is 12.8 Å². The van der Waals surface area contributed by atoms with Crippen molar-refractivity contribution in [2.24, 2.45) is 0 Å². The maximum atomic E-state index is 16.5. The average Bonchev–Trinajstić information content (AvgIpc) is 3.45. The summed E-state index contributed by atoms with van der Waals surface area (Å²) in [5.41, 5.74) is 0.692. The monoisotopic (exact) mass is 654 g/mol. The van der Waals surface area contributed by atoms with Gasteiger partial charge in [-0.15, -0.1) is 0 Å². The molecule has 0 spiro atoms. The molecule has 2 aromatic heterocycles. The van der Waals surface area contributed by atoms with Crippen molar-refractivity contribution in [1.29, 1.82) is 0 Å². The Bertz CT molecular complexity index is 1800. The van der Waals surface area contributed by atoms with Gasteiger partial charge in [-0.05, 0) is 51.0 Å². The molecule has 1 fully saturated rings. The first-order valence-corrected chi connectivity index (χ1v) is 17.4. The number of anilines is 1. The predicted octanol–water partition coefficient (Wildman–Crippen LogP) is 5.82. The molecule has 45 heavy (non-hydrogen) atoms. The number of hydrogen-bond acceptors (Lipinski definition) is 9. The van der Waals surface area contributed by atoms with Crippen molar-refractivity contribution in [3.63, 3.8) is 0 Å². The van der Waals surface area contributed by atoms with Gasteiger partial charge in [0.2, 0.25) is 0 Å². The van der Waals surface area contributed by atoms with Crippen molar-refractivity contribution < 1.29 is 17.5 Å². The van der Waals surface area contributed by atoms with Crippen LogP contribution in [0, 0.1) is 5.82 Å². The van der Waals surface area contributed by atoms with Gasteiger partial charge >= 0.3 is 6.01 Å². The summed E-state index contributed by atoms with van der Waals surface area (Å²) in [4.78, 5) is 19.7. The lowest BCUT2D eigenvalue weighted by Gasteiger charge is -2.22. The lowest BCUT2D eigenvalue weighted by Crippen LogP contribution is -2.31. The number of hydrogen-bond donors (Lipinski definition) is 0. The highest BCUT2D eigenvalue weighted by molar-refractivity contribution is 7.94. The van der Waals surface area contributed by atoms with Gasteiger partial charge in [0.25, 0.3) is 0 Å². The number of halogens is 2. The SMILES string of the molecule is CCN(CC)C/C=C/S(=O)(=O)CCN(C)c1nc(OC[C@@H]2CCCN2C)nc2c(F)c(-c3cccc4cccc(Cl)c34)ncc12. The van der Waals surface area contributed by atoms with Gasteiger partial charge in [-0.2, -0.15) is 9.97 Å². The van der Waals surface area contributed by atoms with Gasteiger partial charge in [0.15, 0.2) is 15.7 Å². The van der Waals surface area contributed by atoms with Crippen LogP contribution in [-0.4, -0.2) is 98.4 Å². The van der Waals surface area contributed by atoms with Crippen LogP contribution in [0.1, 0.15) is 26.7 Å². The van der Waals surface area contributed by atoms with Crippen LogP contribution in [0.15, 0.2) is 54.1 Å². The highest BCUT2D eigenvalue weighted by Gasteiger charge is 2.24. The minimum Gasteiger partial charge on any atom is -0.462 e. The molecule has 1 atom stereocenters. The van der Waals surface area contributed by atoms with E-state index in [0.29, 0.717) is 40.3 Å². The standard InChI is InChI=1S/C33H40ClFN6O3S/c1-5-41(6-2)17-10-19-45(42,43)20-18-40(4)32-26-21-36-30(25-14-7-11-23-12-8-15-27(34)28(23)25)29(35)31(26)37-33(38-32)44-22-24-13-9-16-39(24)3/h7-8,10-12,14-15,19,21,24H,5-6,9,13,16-18,20,22H2,1-4H3/b19-10+/t24-/m0/s1. The molecule has 0 bridgehead atoms. The van der Waals surface area contributed by atoms with Crippen LogP contribution in [0.4, 0.5) is 10.2 Å². The third kappa shape index (κ3) is 7.54. The summed E-state index contributed by atoms with van der Waals surface area (Å²) in [6.45, 7) is 7.77. The molecule has 0 saturated carbocycles. The first-order chi connectivity index (χ1) is 21.6. The molecule has 0 aliphatic carbocycles. The Balaban J connectivity index is 1.50. The number of fused-ring (bicyclic) bond motifs is 2. The minimum absolute atomic E-state index is 0.0265. The van der Waals surface area contributed by atoms with Crippen LogP contribution in [0.2, 0.25) is 5.02 Å². The lowest BCUT2D eigenvalue weighted by molar-refractivity contribution is 0.188. The normalized spacial score (nSPS) is 16.0. The number of benzene rings is 2. The van der Waals surface area contributed by atoms with Gasteiger partial charge in [0.1, 0.15) is 23.6 Å². The number of ether oxygens (including phenoxy) is 1. The van der Waals surface area contributed by atoms with Crippen molar-refractivity contribution in [2.45, 2.75) is 32.7 Å². The second-order valence-corrected chi connectivity index (χ2v) is 13.8. The number of pyridine rings is 1. The number of likely N-dealkylation sites (tertiary alicyclic amines) is 1. The van der Waals surface area contributed by atoms with Gasteiger partial charge in [-0.3, -0.25) is 4.98 Å². The van der Waals surface area contributed by atoms with Crippen LogP contribution in [0.3, 0.4) is 0 Å². The second-order valence-electron chi connectivity index (χ2n) is 11.4. The van der Waals surface area contributed by atoms with E-state index in [1.54, 1.807) is 30.2 Å². The second kappa shape index (κ2) is 14.4. The van der Waals surface area contributed by atoms with Crippen LogP contribution in [0.5, 0.6) is 6.01 Å². The molecule has 2 aromatic carbocycles. The van der Waals surface area contributed by atoms with E-state index < -0.39 is 15.7 Å². The molecular formula is C33H40ClFN6O3S. The van der Waals surface area contributed by atoms with Crippen molar-refractivity contribution >= 4 is 48.9 Å². The van der Waals surface area contributed by atoms with Crippen molar-refractivity contribution in [3.05, 3.63) is 64.9 Å². The zero-order valence-electron chi connectivity index (χ0n) is 26.2. The highest BCUT2D eigenvalue weighted by Crippen LogP contribution is 2.37. The van der Waals surface area contributed by atoms with E-state index >= 15 is 4.39 Å². The fraction of sp³-hybridized carbons (Fsp3) is 0.424. The quantitative estimate of drug-likeness (QED) is 0.177. The molecule has 4 aromatic rings. The molecule has 12 heteroatoms. The smallest absolute Gasteiger partial charge is 0.319 e. The maximum Gasteiger partial charge on any atom is 0.319 e. The number of rotatable bonds is 13. The summed E-state index contributed by atoms with van der Waals surface area (Å²) in [7, 11) is 0.276. The average molecular weight is 655 g/mol. The number of aromatic nitrogens is 3. The van der Waals surface area contributed by atoms with Crippen molar-refractivity contribution in [2.75, 3.05) is 64.1 Å². The van der Waals surface area contributed by atoms with Gasteiger partial charge < -0.3 is 19.4 Å². The van der Waals surface area contributed by atoms with E-state index in [9.17, 15) is 8.42 Å². The zero-order chi connectivity index (χ0) is 32.1. The molecule has 0 unspecified atom stereocenters. The Kier molecular flexibility index (Phi) is 10.5. The summed E-state index contributed by atoms with van der Waals surface area (Å²) in [5.74, 6) is -0.437. The van der Waals surface area contributed by atoms with E-state index in [2.05, 4.69) is 24.8 Å². The molecular weight excluding hydrogens is 615 g/mol. The van der Waals surface area contributed by atoms with Gasteiger partial charge in [0, 0.05) is 53.8 Å². The van der Waals surface area contributed by atoms with Crippen LogP contribution in [-0.2, 0) is 9.84 Å². The third-order valence-corrected chi connectivity index (χ3v) is 10.1. The Morgan fingerprint density at radius 1 is 1.16 bits per heavy atom. The number of likely N-dealkylation sites (N-methyl/N-ethyl adjacent to an activating group) is 2. The highest BCUT2D eigenvalue weighted by atomic mass is 35.5. The first kappa shape index (κ1) is 33.0. The molecule has 0 amide bonds. The number of nitrogens with zero attached hydrogens (tertiary/aromatic N) is 6. The molecule has 5 rings (SSSR count). The Morgan fingerprint density at radius 3 is 2.62 bits per heavy atom. The summed E-state index contributed by atoms with van der Waals surface area (Å²) in [6, 6.07) is 11.3. The zero-order valence-corrected chi connectivity index (χ0v) is 27.8. The Labute approximate surface area is 269 Å². The van der Waals surface area contributed by atoms with E-state index in [1.807, 2.05) is 45.2 Å². The Morgan fingerprint density at radius 2 is 1.91 bits per heavy atom. The largest absolute Gasteiger partial charge is 0.462 e. The molecule has 1 saturated heterocycles. The van der Waals surface area contributed by atoms with Crippen molar-refractivity contribution in [1.82, 2.24) is 24.8 Å². The predicted molar refractivity (Wildman–Crippen MR) is 180 cm³/mol. The van der Waals surface area contributed by atoms with E-state index in [0.717, 1.165) is 37.9 Å². The molecule has 3 heterocycles.